The molecule has 1 atom stereocenters. The second kappa shape index (κ2) is 4.72. The first-order valence-electron chi connectivity index (χ1n) is 3.73. The number of hydrogen-bond acceptors (Lipinski definition) is 2. The fourth-order valence-corrected chi connectivity index (χ4v) is 1.90. The summed E-state index contributed by atoms with van der Waals surface area (Å²) in [5, 5.41) is -3.68. The molecular formula is C8H6Cl2F3NS. The van der Waals surface area contributed by atoms with Crippen molar-refractivity contribution in [3.63, 3.8) is 0 Å². The van der Waals surface area contributed by atoms with Crippen LogP contribution in [-0.2, 0) is 0 Å². The molecule has 0 fully saturated rings. The zero-order valence-electron chi connectivity index (χ0n) is 7.18. The van der Waals surface area contributed by atoms with Crippen molar-refractivity contribution in [2.75, 3.05) is 5.73 Å². The molecular weight excluding hydrogens is 270 g/mol. The normalized spacial score (nSPS) is 13.9. The standard InChI is InChI=1S/C8H6Cl2F3NS/c9-5-3-4(14)1-2-6(5)15-8(12,13)7(10)11/h1-3,7H,14H2. The topological polar surface area (TPSA) is 26.0 Å². The van der Waals surface area contributed by atoms with Crippen LogP contribution in [0.15, 0.2) is 23.1 Å². The van der Waals surface area contributed by atoms with Gasteiger partial charge in [-0.3, -0.25) is 0 Å². The lowest BCUT2D eigenvalue weighted by molar-refractivity contribution is 0.0537. The molecule has 1 aromatic carbocycles. The highest BCUT2D eigenvalue weighted by Crippen LogP contribution is 2.43. The monoisotopic (exact) mass is 275 g/mol. The molecule has 0 radical (unpaired) electrons. The lowest BCUT2D eigenvalue weighted by Gasteiger charge is -2.16. The quantitative estimate of drug-likeness (QED) is 0.510. The molecule has 1 rings (SSSR count). The molecule has 0 aliphatic rings. The molecule has 0 saturated heterocycles. The zero-order valence-corrected chi connectivity index (χ0v) is 9.51. The number of thioether (sulfide) groups is 1. The minimum atomic E-state index is -3.72. The molecule has 0 aromatic heterocycles. The van der Waals surface area contributed by atoms with Crippen LogP contribution in [0.3, 0.4) is 0 Å². The van der Waals surface area contributed by atoms with Crippen LogP contribution in [-0.4, -0.2) is 10.9 Å². The van der Waals surface area contributed by atoms with Gasteiger partial charge < -0.3 is 5.73 Å². The van der Waals surface area contributed by atoms with E-state index in [0.717, 1.165) is 0 Å². The van der Waals surface area contributed by atoms with Crippen molar-refractivity contribution in [2.45, 2.75) is 15.8 Å². The molecule has 0 saturated carbocycles. The number of halogens is 5. The summed E-state index contributed by atoms with van der Waals surface area (Å²) in [4.78, 5) is 0.0270. The molecule has 7 heteroatoms. The summed E-state index contributed by atoms with van der Waals surface area (Å²) in [5.41, 5.74) is 2.95. The van der Waals surface area contributed by atoms with Gasteiger partial charge >= 0.3 is 5.25 Å². The van der Waals surface area contributed by atoms with Crippen molar-refractivity contribution in [3.8, 4) is 0 Å². The largest absolute Gasteiger partial charge is 0.399 e. The lowest BCUT2D eigenvalue weighted by atomic mass is 10.3. The fraction of sp³-hybridized carbons (Fsp3) is 0.250. The van der Waals surface area contributed by atoms with Gasteiger partial charge in [-0.25, -0.2) is 4.39 Å². The van der Waals surface area contributed by atoms with E-state index in [0.29, 0.717) is 5.69 Å². The van der Waals surface area contributed by atoms with Gasteiger partial charge in [0, 0.05) is 10.6 Å². The molecule has 0 heterocycles. The Morgan fingerprint density at radius 2 is 2.00 bits per heavy atom. The maximum absolute atomic E-state index is 12.9. The third-order valence-corrected chi connectivity index (χ3v) is 3.34. The van der Waals surface area contributed by atoms with E-state index in [1.807, 2.05) is 0 Å². The maximum Gasteiger partial charge on any atom is 0.342 e. The third-order valence-electron chi connectivity index (χ3n) is 1.46. The Morgan fingerprint density at radius 1 is 1.40 bits per heavy atom. The summed E-state index contributed by atoms with van der Waals surface area (Å²) in [6.07, 6.45) is 0. The van der Waals surface area contributed by atoms with Crippen molar-refractivity contribution >= 4 is 40.7 Å². The molecule has 0 amide bonds. The Balaban J connectivity index is 2.90. The second-order valence-corrected chi connectivity index (χ2v) is 4.63. The Kier molecular flexibility index (Phi) is 4.03. The molecule has 1 unspecified atom stereocenters. The summed E-state index contributed by atoms with van der Waals surface area (Å²) in [7, 11) is 0. The van der Waals surface area contributed by atoms with Crippen LogP contribution >= 0.6 is 35.0 Å². The highest BCUT2D eigenvalue weighted by atomic mass is 35.5. The van der Waals surface area contributed by atoms with Crippen molar-refractivity contribution in [2.24, 2.45) is 0 Å². The fourth-order valence-electron chi connectivity index (χ4n) is 0.791. The first kappa shape index (κ1) is 12.8. The number of nitrogen functional groups attached to an aromatic ring is 1. The van der Waals surface area contributed by atoms with E-state index in [1.165, 1.54) is 18.2 Å². The predicted octanol–water partition coefficient (Wildman–Crippen LogP) is 4.14. The van der Waals surface area contributed by atoms with Crippen LogP contribution < -0.4 is 5.73 Å². The summed E-state index contributed by atoms with van der Waals surface area (Å²) < 4.78 is 38.1. The van der Waals surface area contributed by atoms with Gasteiger partial charge in [-0.1, -0.05) is 23.2 Å². The minimum Gasteiger partial charge on any atom is -0.399 e. The molecule has 0 aliphatic heterocycles. The van der Waals surface area contributed by atoms with Gasteiger partial charge in [0.15, 0.2) is 0 Å². The van der Waals surface area contributed by atoms with E-state index in [9.17, 15) is 13.2 Å². The number of anilines is 1. The molecule has 15 heavy (non-hydrogen) atoms. The second-order valence-electron chi connectivity index (χ2n) is 2.65. The van der Waals surface area contributed by atoms with E-state index >= 15 is 0 Å². The molecule has 0 spiro atoms. The Morgan fingerprint density at radius 3 is 2.47 bits per heavy atom. The van der Waals surface area contributed by atoms with E-state index in [4.69, 9.17) is 28.9 Å². The number of benzene rings is 1. The van der Waals surface area contributed by atoms with Gasteiger partial charge in [-0.15, -0.1) is 0 Å². The SMILES string of the molecule is Nc1ccc(SC(F)(F)C(F)Cl)c(Cl)c1. The number of alkyl halides is 4. The smallest absolute Gasteiger partial charge is 0.342 e. The summed E-state index contributed by atoms with van der Waals surface area (Å²) >= 11 is 10.3. The van der Waals surface area contributed by atoms with E-state index in [-0.39, 0.29) is 21.7 Å². The van der Waals surface area contributed by atoms with Crippen molar-refractivity contribution in [3.05, 3.63) is 23.2 Å². The molecule has 0 aliphatic carbocycles. The highest BCUT2D eigenvalue weighted by molar-refractivity contribution is 8.00. The minimum absolute atomic E-state index is 0.0270. The summed E-state index contributed by atoms with van der Waals surface area (Å²) in [5.74, 6) is 0. The molecule has 1 aromatic rings. The first-order valence-corrected chi connectivity index (χ1v) is 5.36. The summed E-state index contributed by atoms with van der Waals surface area (Å²) in [6, 6.07) is 3.99. The van der Waals surface area contributed by atoms with Gasteiger partial charge in [0.25, 0.3) is 0 Å². The van der Waals surface area contributed by atoms with Crippen molar-refractivity contribution < 1.29 is 13.2 Å². The molecule has 2 N–H and O–H groups in total. The molecule has 1 nitrogen and oxygen atoms in total. The van der Waals surface area contributed by atoms with Crippen LogP contribution in [0.1, 0.15) is 0 Å². The summed E-state index contributed by atoms with van der Waals surface area (Å²) in [6.45, 7) is 0. The average molecular weight is 276 g/mol. The average Bonchev–Trinajstić information content (AvgIpc) is 2.09. The van der Waals surface area contributed by atoms with Gasteiger partial charge in [0.05, 0.1) is 5.02 Å². The Labute approximate surface area is 98.7 Å². The third kappa shape index (κ3) is 3.36. The van der Waals surface area contributed by atoms with Gasteiger partial charge in [-0.2, -0.15) is 8.78 Å². The molecule has 84 valence electrons. The number of hydrogen-bond donors (Lipinski definition) is 1. The zero-order chi connectivity index (χ0) is 11.6. The predicted molar refractivity (Wildman–Crippen MR) is 57.4 cm³/mol. The van der Waals surface area contributed by atoms with Crippen LogP contribution in [0.5, 0.6) is 0 Å². The van der Waals surface area contributed by atoms with Crippen molar-refractivity contribution in [1.29, 1.82) is 0 Å². The Hall–Kier alpha value is -0.260. The van der Waals surface area contributed by atoms with Gasteiger partial charge in [0.2, 0.25) is 5.63 Å². The van der Waals surface area contributed by atoms with Crippen LogP contribution in [0.2, 0.25) is 5.02 Å². The molecule has 0 bridgehead atoms. The van der Waals surface area contributed by atoms with E-state index in [2.05, 4.69) is 0 Å². The van der Waals surface area contributed by atoms with Crippen molar-refractivity contribution in [1.82, 2.24) is 0 Å². The maximum atomic E-state index is 12.9. The number of rotatable bonds is 3. The van der Waals surface area contributed by atoms with E-state index in [1.54, 1.807) is 0 Å². The van der Waals surface area contributed by atoms with Crippen LogP contribution in [0.4, 0.5) is 18.9 Å². The van der Waals surface area contributed by atoms with Crippen LogP contribution in [0, 0.1) is 0 Å². The lowest BCUT2D eigenvalue weighted by Crippen LogP contribution is -2.20. The van der Waals surface area contributed by atoms with Gasteiger partial charge in [0.1, 0.15) is 0 Å². The number of nitrogens with two attached hydrogens (primary N) is 1. The van der Waals surface area contributed by atoms with E-state index < -0.39 is 10.9 Å². The highest BCUT2D eigenvalue weighted by Gasteiger charge is 2.40. The first-order chi connectivity index (χ1) is 6.83. The van der Waals surface area contributed by atoms with Gasteiger partial charge in [-0.05, 0) is 30.0 Å². The van der Waals surface area contributed by atoms with Crippen LogP contribution in [0.25, 0.3) is 0 Å². The Bertz CT molecular complexity index is 360.